The van der Waals surface area contributed by atoms with Gasteiger partial charge >= 0.3 is 6.03 Å². The van der Waals surface area contributed by atoms with Crippen LogP contribution < -0.4 is 10.2 Å². The molecule has 10 nitrogen and oxygen atoms in total. The Bertz CT molecular complexity index is 1470. The Balaban J connectivity index is 1.35. The molecule has 2 aliphatic rings. The first kappa shape index (κ1) is 25.4. The minimum Gasteiger partial charge on any atom is -0.340 e. The molecule has 2 saturated heterocycles. The van der Waals surface area contributed by atoms with Gasteiger partial charge in [0.05, 0.1) is 17.3 Å². The molecule has 5 amide bonds. The van der Waals surface area contributed by atoms with Gasteiger partial charge in [-0.05, 0) is 63.9 Å². The molecular formula is C27H29FN6O4. The van der Waals surface area contributed by atoms with E-state index in [1.54, 1.807) is 44.0 Å². The number of likely N-dealkylation sites (N-methyl/N-ethyl adjacent to an activating group) is 1. The van der Waals surface area contributed by atoms with E-state index < -0.39 is 28.8 Å². The number of carbonyl (C=O) groups is 4. The van der Waals surface area contributed by atoms with E-state index in [-0.39, 0.29) is 43.3 Å². The summed E-state index contributed by atoms with van der Waals surface area (Å²) in [5, 5.41) is 10.4. The second-order valence-electron chi connectivity index (χ2n) is 10.5. The molecule has 0 unspecified atom stereocenters. The molecule has 1 aromatic heterocycles. The Hall–Kier alpha value is -4.28. The molecule has 2 fully saturated rings. The Kier molecular flexibility index (Phi) is 5.96. The van der Waals surface area contributed by atoms with E-state index in [4.69, 9.17) is 0 Å². The first-order valence-corrected chi connectivity index (χ1v) is 12.4. The van der Waals surface area contributed by atoms with Crippen LogP contribution in [0, 0.1) is 12.7 Å². The lowest BCUT2D eigenvalue weighted by molar-refractivity contribution is -0.141. The fourth-order valence-electron chi connectivity index (χ4n) is 5.38. The monoisotopic (exact) mass is 520 g/mol. The van der Waals surface area contributed by atoms with Crippen LogP contribution in [0.1, 0.15) is 42.6 Å². The largest absolute Gasteiger partial charge is 0.340 e. The van der Waals surface area contributed by atoms with Crippen LogP contribution in [0.25, 0.3) is 10.9 Å². The topological polar surface area (TPSA) is 119 Å². The number of carbonyl (C=O) groups excluding carboxylic acids is 4. The van der Waals surface area contributed by atoms with E-state index in [2.05, 4.69) is 15.5 Å². The highest BCUT2D eigenvalue weighted by Crippen LogP contribution is 2.41. The lowest BCUT2D eigenvalue weighted by Crippen LogP contribution is -2.62. The summed E-state index contributed by atoms with van der Waals surface area (Å²) in [4.78, 5) is 57.0. The van der Waals surface area contributed by atoms with Crippen LogP contribution in [0.5, 0.6) is 0 Å². The molecule has 198 valence electrons. The highest BCUT2D eigenvalue weighted by atomic mass is 19.1. The van der Waals surface area contributed by atoms with Crippen LogP contribution in [-0.4, -0.2) is 75.0 Å². The third-order valence-electron chi connectivity index (χ3n) is 7.50. The van der Waals surface area contributed by atoms with Gasteiger partial charge in [-0.15, -0.1) is 0 Å². The number of rotatable bonds is 4. The smallest absolute Gasteiger partial charge is 0.331 e. The number of hydrogen-bond donors (Lipinski definition) is 2. The zero-order valence-electron chi connectivity index (χ0n) is 21.7. The molecule has 2 aliphatic heterocycles. The number of imide groups is 1. The highest BCUT2D eigenvalue weighted by Gasteiger charge is 2.58. The van der Waals surface area contributed by atoms with Crippen LogP contribution in [0.4, 0.5) is 14.9 Å². The number of aromatic nitrogens is 2. The van der Waals surface area contributed by atoms with Crippen molar-refractivity contribution in [2.45, 2.75) is 44.7 Å². The minimum atomic E-state index is -1.32. The maximum atomic E-state index is 14.2. The average Bonchev–Trinajstić information content (AvgIpc) is 3.42. The number of nitrogens with zero attached hydrogens (tertiary/aromatic N) is 4. The van der Waals surface area contributed by atoms with Gasteiger partial charge in [-0.2, -0.15) is 5.10 Å². The van der Waals surface area contributed by atoms with E-state index in [0.29, 0.717) is 5.69 Å². The van der Waals surface area contributed by atoms with Crippen LogP contribution in [0.2, 0.25) is 0 Å². The van der Waals surface area contributed by atoms with Gasteiger partial charge in [0, 0.05) is 31.2 Å². The summed E-state index contributed by atoms with van der Waals surface area (Å²) in [6.45, 7) is 5.28. The normalized spacial score (nSPS) is 17.6. The predicted octanol–water partition coefficient (Wildman–Crippen LogP) is 2.98. The van der Waals surface area contributed by atoms with E-state index in [0.717, 1.165) is 21.4 Å². The number of H-pyrrole nitrogens is 1. The first-order valence-electron chi connectivity index (χ1n) is 12.4. The molecule has 0 bridgehead atoms. The Morgan fingerprint density at radius 2 is 1.82 bits per heavy atom. The van der Waals surface area contributed by atoms with E-state index in [9.17, 15) is 23.6 Å². The van der Waals surface area contributed by atoms with Crippen molar-refractivity contribution >= 4 is 40.3 Å². The molecule has 38 heavy (non-hydrogen) atoms. The van der Waals surface area contributed by atoms with E-state index >= 15 is 0 Å². The second kappa shape index (κ2) is 8.93. The summed E-state index contributed by atoms with van der Waals surface area (Å²) < 4.78 is 14.2. The van der Waals surface area contributed by atoms with Crippen molar-refractivity contribution in [3.05, 3.63) is 59.5 Å². The standard InChI is InChI=1S/C27H29FN6O4/c1-16-5-7-20(28)19(13-16)22(35)30-26(2,3)23(36)33-11-9-27(10-12-33)24(37)32(4)25(38)34(27)18-6-8-21-17(14-18)15-29-31-21/h5-8,13-15H,9-12H2,1-4H3,(H,29,31)(H,30,35). The number of amides is 5. The third kappa shape index (κ3) is 3.98. The summed E-state index contributed by atoms with van der Waals surface area (Å²) in [5.41, 5.74) is -0.474. The zero-order valence-corrected chi connectivity index (χ0v) is 21.7. The summed E-state index contributed by atoms with van der Waals surface area (Å²) in [6, 6.07) is 9.18. The Morgan fingerprint density at radius 1 is 1.11 bits per heavy atom. The molecule has 3 aromatic rings. The van der Waals surface area contributed by atoms with Gasteiger partial charge in [-0.3, -0.25) is 29.3 Å². The van der Waals surface area contributed by atoms with Crippen LogP contribution in [0.3, 0.4) is 0 Å². The van der Waals surface area contributed by atoms with Gasteiger partial charge in [0.25, 0.3) is 11.8 Å². The van der Waals surface area contributed by atoms with Crippen LogP contribution >= 0.6 is 0 Å². The Labute approximate surface area is 218 Å². The molecule has 5 rings (SSSR count). The summed E-state index contributed by atoms with van der Waals surface area (Å²) in [5.74, 6) is -2.02. The molecule has 0 atom stereocenters. The van der Waals surface area contributed by atoms with Gasteiger partial charge in [0.2, 0.25) is 5.91 Å². The number of urea groups is 1. The molecule has 2 N–H and O–H groups in total. The number of anilines is 1. The Morgan fingerprint density at radius 3 is 2.53 bits per heavy atom. The number of nitrogens with one attached hydrogen (secondary N) is 2. The number of piperidine rings is 1. The number of likely N-dealkylation sites (tertiary alicyclic amines) is 1. The summed E-state index contributed by atoms with van der Waals surface area (Å²) in [7, 11) is 1.46. The molecule has 2 aromatic carbocycles. The third-order valence-corrected chi connectivity index (χ3v) is 7.50. The van der Waals surface area contributed by atoms with Crippen molar-refractivity contribution in [2.24, 2.45) is 0 Å². The van der Waals surface area contributed by atoms with Gasteiger partial charge in [0.1, 0.15) is 16.9 Å². The number of aryl methyl sites for hydroxylation is 1. The van der Waals surface area contributed by atoms with Gasteiger partial charge in [-0.25, -0.2) is 9.18 Å². The quantitative estimate of drug-likeness (QED) is 0.513. The summed E-state index contributed by atoms with van der Waals surface area (Å²) in [6.07, 6.45) is 2.11. The number of aromatic amines is 1. The van der Waals surface area contributed by atoms with Gasteiger partial charge < -0.3 is 10.2 Å². The molecular weight excluding hydrogens is 491 g/mol. The number of halogens is 1. The average molecular weight is 521 g/mol. The maximum absolute atomic E-state index is 14.2. The van der Waals surface area contributed by atoms with Crippen LogP contribution in [0.15, 0.2) is 42.6 Å². The van der Waals surface area contributed by atoms with E-state index in [1.807, 2.05) is 12.1 Å². The molecule has 1 spiro atoms. The molecule has 0 radical (unpaired) electrons. The lowest BCUT2D eigenvalue weighted by atomic mass is 9.84. The zero-order chi connectivity index (χ0) is 27.4. The molecule has 0 saturated carbocycles. The number of fused-ring (bicyclic) bond motifs is 1. The lowest BCUT2D eigenvalue weighted by Gasteiger charge is -2.44. The van der Waals surface area contributed by atoms with Crippen LogP contribution in [-0.2, 0) is 9.59 Å². The second-order valence-corrected chi connectivity index (χ2v) is 10.5. The van der Waals surface area contributed by atoms with Gasteiger partial charge in [-0.1, -0.05) is 11.6 Å². The molecule has 3 heterocycles. The first-order chi connectivity index (χ1) is 17.9. The number of benzene rings is 2. The minimum absolute atomic E-state index is 0.133. The van der Waals surface area contributed by atoms with Crippen molar-refractivity contribution in [3.63, 3.8) is 0 Å². The van der Waals surface area contributed by atoms with E-state index in [1.165, 1.54) is 24.1 Å². The fourth-order valence-corrected chi connectivity index (χ4v) is 5.38. The summed E-state index contributed by atoms with van der Waals surface area (Å²) >= 11 is 0. The van der Waals surface area contributed by atoms with Crippen molar-refractivity contribution in [3.8, 4) is 0 Å². The van der Waals surface area contributed by atoms with Crippen molar-refractivity contribution in [2.75, 3.05) is 25.0 Å². The van der Waals surface area contributed by atoms with Crippen molar-refractivity contribution in [1.29, 1.82) is 0 Å². The predicted molar refractivity (Wildman–Crippen MR) is 138 cm³/mol. The molecule has 11 heteroatoms. The SMILES string of the molecule is Cc1ccc(F)c(C(=O)NC(C)(C)C(=O)N2CCC3(CC2)C(=O)N(C)C(=O)N3c2ccc3[nH]ncc3c2)c1. The fraction of sp³-hybridized carbons (Fsp3) is 0.370. The van der Waals surface area contributed by atoms with Gasteiger partial charge in [0.15, 0.2) is 0 Å². The maximum Gasteiger partial charge on any atom is 0.331 e. The number of hydrogen-bond acceptors (Lipinski definition) is 5. The van der Waals surface area contributed by atoms with Crippen molar-refractivity contribution < 1.29 is 23.6 Å². The molecule has 0 aliphatic carbocycles. The van der Waals surface area contributed by atoms with Crippen molar-refractivity contribution in [1.82, 2.24) is 25.3 Å². The highest BCUT2D eigenvalue weighted by molar-refractivity contribution is 6.17.